The van der Waals surface area contributed by atoms with Gasteiger partial charge in [-0.3, -0.25) is 4.98 Å². The summed E-state index contributed by atoms with van der Waals surface area (Å²) in [5, 5.41) is 27.3. The molecule has 8 heteroatoms. The Morgan fingerprint density at radius 1 is 1.11 bits per heavy atom. The highest BCUT2D eigenvalue weighted by Gasteiger charge is 2.40. The van der Waals surface area contributed by atoms with Gasteiger partial charge >= 0.3 is 0 Å². The van der Waals surface area contributed by atoms with Crippen LogP contribution in [0.4, 0.5) is 5.82 Å². The molecule has 0 unspecified atom stereocenters. The molecule has 3 N–H and O–H groups in total. The van der Waals surface area contributed by atoms with E-state index in [4.69, 9.17) is 21.3 Å². The number of aliphatic hydroxyl groups is 1. The summed E-state index contributed by atoms with van der Waals surface area (Å²) in [6, 6.07) is 11.0. The fourth-order valence-electron chi connectivity index (χ4n) is 5.34. The van der Waals surface area contributed by atoms with Gasteiger partial charge in [-0.15, -0.1) is 0 Å². The van der Waals surface area contributed by atoms with Gasteiger partial charge in [0.05, 0.1) is 27.8 Å². The Kier molecular flexibility index (Phi) is 7.78. The van der Waals surface area contributed by atoms with E-state index < -0.39 is 11.0 Å². The van der Waals surface area contributed by atoms with Crippen molar-refractivity contribution in [3.63, 3.8) is 0 Å². The van der Waals surface area contributed by atoms with E-state index in [1.807, 2.05) is 18.2 Å². The minimum atomic E-state index is -0.427. The van der Waals surface area contributed by atoms with E-state index >= 15 is 0 Å². The van der Waals surface area contributed by atoms with Gasteiger partial charge in [-0.05, 0) is 81.9 Å². The van der Waals surface area contributed by atoms with Gasteiger partial charge in [-0.1, -0.05) is 17.7 Å². The third-order valence-corrected chi connectivity index (χ3v) is 8.42. The number of nitrogens with zero attached hydrogens (tertiary/aromatic N) is 3. The SMILES string of the molecule is N#CC1(CNc2cccc(-c3cc(CC4CCC(NCC5(O)CC5)CC4)ncc3Cl)n2)CCOCC1. The quantitative estimate of drug-likeness (QED) is 0.448. The van der Waals surface area contributed by atoms with Crippen LogP contribution in [0.25, 0.3) is 11.3 Å². The molecule has 2 saturated carbocycles. The van der Waals surface area contributed by atoms with Gasteiger partial charge in [0.2, 0.25) is 0 Å². The van der Waals surface area contributed by atoms with E-state index in [1.54, 1.807) is 6.20 Å². The molecule has 2 aromatic rings. The Balaban J connectivity index is 1.19. The van der Waals surface area contributed by atoms with Crippen molar-refractivity contribution in [2.75, 3.05) is 31.6 Å². The van der Waals surface area contributed by atoms with Gasteiger partial charge in [0, 0.05) is 49.8 Å². The van der Waals surface area contributed by atoms with Crippen molar-refractivity contribution >= 4 is 17.4 Å². The summed E-state index contributed by atoms with van der Waals surface area (Å²) in [5.41, 5.74) is 1.90. The molecule has 2 aliphatic carbocycles. The van der Waals surface area contributed by atoms with Crippen LogP contribution in [-0.2, 0) is 11.2 Å². The van der Waals surface area contributed by atoms with Crippen LogP contribution >= 0.6 is 11.6 Å². The molecule has 3 heterocycles. The molecule has 0 atom stereocenters. The molecule has 3 fully saturated rings. The third kappa shape index (κ3) is 6.36. The van der Waals surface area contributed by atoms with E-state index in [0.29, 0.717) is 36.7 Å². The number of nitriles is 1. The molecule has 0 amide bonds. The van der Waals surface area contributed by atoms with Crippen LogP contribution in [-0.4, -0.2) is 53.0 Å². The van der Waals surface area contributed by atoms with E-state index in [9.17, 15) is 10.4 Å². The number of anilines is 1. The van der Waals surface area contributed by atoms with Crippen molar-refractivity contribution < 1.29 is 9.84 Å². The van der Waals surface area contributed by atoms with Crippen LogP contribution < -0.4 is 10.6 Å². The smallest absolute Gasteiger partial charge is 0.126 e. The summed E-state index contributed by atoms with van der Waals surface area (Å²) in [6.45, 7) is 2.53. The average Bonchev–Trinajstić information content (AvgIpc) is 3.66. The normalized spacial score (nSPS) is 24.6. The number of aromatic nitrogens is 2. The average molecular weight is 510 g/mol. The first-order valence-corrected chi connectivity index (χ1v) is 13.6. The molecule has 192 valence electrons. The number of halogens is 1. The maximum Gasteiger partial charge on any atom is 0.126 e. The standard InChI is InChI=1S/C28H36ClN5O2/c29-24-16-31-22(14-20-4-6-21(7-5-20)32-19-28(35)8-9-28)15-23(24)25-2-1-3-26(34-25)33-18-27(17-30)10-12-36-13-11-27/h1-3,15-16,20-21,32,35H,4-14,18-19H2,(H,33,34). The van der Waals surface area contributed by atoms with E-state index in [1.165, 1.54) is 12.8 Å². The van der Waals surface area contributed by atoms with Gasteiger partial charge in [0.25, 0.3) is 0 Å². The zero-order chi connectivity index (χ0) is 25.0. The number of hydrogen-bond acceptors (Lipinski definition) is 7. The van der Waals surface area contributed by atoms with E-state index in [-0.39, 0.29) is 0 Å². The number of hydrogen-bond donors (Lipinski definition) is 3. The summed E-state index contributed by atoms with van der Waals surface area (Å²) in [5.74, 6) is 1.35. The topological polar surface area (TPSA) is 103 Å². The molecule has 3 aliphatic rings. The Hall–Kier alpha value is -2.24. The van der Waals surface area contributed by atoms with Crippen LogP contribution in [0, 0.1) is 22.7 Å². The lowest BCUT2D eigenvalue weighted by Gasteiger charge is -2.30. The minimum absolute atomic E-state index is 0.413. The fourth-order valence-corrected chi connectivity index (χ4v) is 5.55. The van der Waals surface area contributed by atoms with Gasteiger partial charge in [-0.2, -0.15) is 5.26 Å². The second kappa shape index (κ2) is 11.0. The zero-order valence-corrected chi connectivity index (χ0v) is 21.6. The molecule has 7 nitrogen and oxygen atoms in total. The van der Waals surface area contributed by atoms with Crippen LogP contribution in [0.2, 0.25) is 5.02 Å². The first-order valence-electron chi connectivity index (χ1n) is 13.3. The van der Waals surface area contributed by atoms with Crippen molar-refractivity contribution in [3.8, 4) is 17.3 Å². The highest BCUT2D eigenvalue weighted by Crippen LogP contribution is 2.35. The number of rotatable bonds is 9. The Morgan fingerprint density at radius 2 is 1.89 bits per heavy atom. The monoisotopic (exact) mass is 509 g/mol. The highest BCUT2D eigenvalue weighted by atomic mass is 35.5. The molecule has 36 heavy (non-hydrogen) atoms. The molecule has 2 aromatic heterocycles. The second-order valence-electron chi connectivity index (χ2n) is 10.9. The summed E-state index contributed by atoms with van der Waals surface area (Å²) in [6.07, 6.45) is 10.6. The van der Waals surface area contributed by atoms with E-state index in [2.05, 4.69) is 27.8 Å². The summed E-state index contributed by atoms with van der Waals surface area (Å²) < 4.78 is 5.44. The second-order valence-corrected chi connectivity index (χ2v) is 11.4. The van der Waals surface area contributed by atoms with Gasteiger partial charge in [-0.25, -0.2) is 4.98 Å². The molecule has 0 radical (unpaired) electrons. The van der Waals surface area contributed by atoms with Crippen molar-refractivity contribution in [1.29, 1.82) is 5.26 Å². The van der Waals surface area contributed by atoms with Gasteiger partial charge < -0.3 is 20.5 Å². The Labute approximate surface area is 218 Å². The summed E-state index contributed by atoms with van der Waals surface area (Å²) in [4.78, 5) is 9.43. The highest BCUT2D eigenvalue weighted by molar-refractivity contribution is 6.33. The van der Waals surface area contributed by atoms with Gasteiger partial charge in [0.15, 0.2) is 0 Å². The molecular weight excluding hydrogens is 474 g/mol. The lowest BCUT2D eigenvalue weighted by Crippen LogP contribution is -2.39. The molecule has 1 saturated heterocycles. The third-order valence-electron chi connectivity index (χ3n) is 8.12. The summed E-state index contributed by atoms with van der Waals surface area (Å²) in [7, 11) is 0. The number of nitrogens with one attached hydrogen (secondary N) is 2. The maximum absolute atomic E-state index is 10.1. The predicted molar refractivity (Wildman–Crippen MR) is 141 cm³/mol. The predicted octanol–water partition coefficient (Wildman–Crippen LogP) is 4.75. The summed E-state index contributed by atoms with van der Waals surface area (Å²) >= 11 is 6.56. The van der Waals surface area contributed by atoms with Crippen molar-refractivity contribution in [2.24, 2.45) is 11.3 Å². The van der Waals surface area contributed by atoms with Crippen molar-refractivity contribution in [3.05, 3.63) is 41.2 Å². The lowest BCUT2D eigenvalue weighted by atomic mass is 9.82. The Bertz CT molecular complexity index is 1090. The van der Waals surface area contributed by atoms with Crippen LogP contribution in [0.15, 0.2) is 30.5 Å². The maximum atomic E-state index is 10.1. The van der Waals surface area contributed by atoms with Crippen LogP contribution in [0.1, 0.15) is 57.1 Å². The molecule has 0 aromatic carbocycles. The lowest BCUT2D eigenvalue weighted by molar-refractivity contribution is 0.0455. The fraction of sp³-hybridized carbons (Fsp3) is 0.607. The van der Waals surface area contributed by atoms with Crippen molar-refractivity contribution in [1.82, 2.24) is 15.3 Å². The van der Waals surface area contributed by atoms with Gasteiger partial charge in [0.1, 0.15) is 5.82 Å². The first kappa shape index (κ1) is 25.4. The minimum Gasteiger partial charge on any atom is -0.389 e. The van der Waals surface area contributed by atoms with Crippen LogP contribution in [0.3, 0.4) is 0 Å². The molecule has 0 spiro atoms. The zero-order valence-electron chi connectivity index (χ0n) is 20.8. The van der Waals surface area contributed by atoms with Crippen molar-refractivity contribution in [2.45, 2.75) is 69.4 Å². The largest absolute Gasteiger partial charge is 0.389 e. The molecule has 1 aliphatic heterocycles. The molecule has 0 bridgehead atoms. The first-order chi connectivity index (χ1) is 17.5. The number of ether oxygens (including phenoxy) is 1. The number of pyridine rings is 2. The molecular formula is C28H36ClN5O2. The Morgan fingerprint density at radius 3 is 2.61 bits per heavy atom. The molecule has 5 rings (SSSR count). The van der Waals surface area contributed by atoms with E-state index in [0.717, 1.165) is 74.3 Å². The van der Waals surface area contributed by atoms with Crippen LogP contribution in [0.5, 0.6) is 0 Å².